The third-order valence-corrected chi connectivity index (χ3v) is 1.19. The second-order valence-electron chi connectivity index (χ2n) is 2.15. The predicted molar refractivity (Wildman–Crippen MR) is 48.1 cm³/mol. The molecule has 0 amide bonds. The second-order valence-corrected chi connectivity index (χ2v) is 2.15. The smallest absolute Gasteiger partial charge is 0.0658 e. The molecule has 0 radical (unpaired) electrons. The molecular formula is C9H15NO. The van der Waals surface area contributed by atoms with E-state index in [-0.39, 0.29) is 0 Å². The van der Waals surface area contributed by atoms with Crippen LogP contribution in [0.4, 0.5) is 0 Å². The van der Waals surface area contributed by atoms with Crippen molar-refractivity contribution in [2.75, 3.05) is 0 Å². The van der Waals surface area contributed by atoms with Gasteiger partial charge in [0.05, 0.1) is 6.21 Å². The van der Waals surface area contributed by atoms with Crippen molar-refractivity contribution in [2.24, 2.45) is 5.16 Å². The zero-order valence-corrected chi connectivity index (χ0v) is 6.90. The van der Waals surface area contributed by atoms with Crippen molar-refractivity contribution in [3.05, 3.63) is 24.3 Å². The monoisotopic (exact) mass is 153 g/mol. The Kier molecular flexibility index (Phi) is 8.10. The van der Waals surface area contributed by atoms with Crippen molar-refractivity contribution in [2.45, 2.75) is 26.2 Å². The first-order chi connectivity index (χ1) is 5.41. The average Bonchev–Trinajstić information content (AvgIpc) is 2.03. The van der Waals surface area contributed by atoms with Gasteiger partial charge in [0, 0.05) is 0 Å². The molecule has 62 valence electrons. The van der Waals surface area contributed by atoms with Crippen LogP contribution < -0.4 is 0 Å². The van der Waals surface area contributed by atoms with Crippen LogP contribution in [0.1, 0.15) is 26.2 Å². The number of hydrogen-bond acceptors (Lipinski definition) is 2. The average molecular weight is 153 g/mol. The Hall–Kier alpha value is -1.05. The molecule has 0 unspecified atom stereocenters. The molecule has 0 bridgehead atoms. The number of allylic oxidation sites excluding steroid dienone is 4. The molecule has 0 saturated carbocycles. The Morgan fingerprint density at radius 3 is 2.55 bits per heavy atom. The van der Waals surface area contributed by atoms with Crippen molar-refractivity contribution >= 4 is 6.21 Å². The van der Waals surface area contributed by atoms with Gasteiger partial charge in [-0.05, 0) is 25.3 Å². The molecule has 0 spiro atoms. The fraction of sp³-hybridized carbons (Fsp3) is 0.444. The summed E-state index contributed by atoms with van der Waals surface area (Å²) in [7, 11) is 0. The lowest BCUT2D eigenvalue weighted by Gasteiger charge is -1.83. The molecule has 0 aliphatic carbocycles. The summed E-state index contributed by atoms with van der Waals surface area (Å²) in [5.74, 6) is 0. The van der Waals surface area contributed by atoms with Crippen molar-refractivity contribution < 1.29 is 5.21 Å². The van der Waals surface area contributed by atoms with Gasteiger partial charge in [-0.3, -0.25) is 0 Å². The standard InChI is InChI=1S/C9H15NO/c1-2-3-4-5-6-7-8-9-10-11/h3-4,7-9,11H,2,5-6H2,1H3/b4-3-,8-7-,10-9+. The minimum atomic E-state index is 1.00. The van der Waals surface area contributed by atoms with Gasteiger partial charge < -0.3 is 5.21 Å². The van der Waals surface area contributed by atoms with Crippen LogP contribution in [0, 0.1) is 0 Å². The van der Waals surface area contributed by atoms with Gasteiger partial charge in [0.2, 0.25) is 0 Å². The Balaban J connectivity index is 3.20. The molecule has 0 aliphatic rings. The van der Waals surface area contributed by atoms with Crippen LogP contribution in [-0.2, 0) is 0 Å². The van der Waals surface area contributed by atoms with Gasteiger partial charge in [0.1, 0.15) is 0 Å². The second kappa shape index (κ2) is 8.95. The highest BCUT2D eigenvalue weighted by atomic mass is 16.4. The summed E-state index contributed by atoms with van der Waals surface area (Å²) in [6, 6.07) is 0. The molecule has 0 fully saturated rings. The van der Waals surface area contributed by atoms with Gasteiger partial charge in [-0.15, -0.1) is 0 Å². The van der Waals surface area contributed by atoms with Gasteiger partial charge in [-0.1, -0.05) is 30.3 Å². The largest absolute Gasteiger partial charge is 0.411 e. The minimum Gasteiger partial charge on any atom is -0.411 e. The van der Waals surface area contributed by atoms with Crippen molar-refractivity contribution in [3.8, 4) is 0 Å². The Labute approximate surface area is 67.9 Å². The summed E-state index contributed by atoms with van der Waals surface area (Å²) in [5.41, 5.74) is 0. The highest BCUT2D eigenvalue weighted by molar-refractivity contribution is 5.70. The first-order valence-corrected chi connectivity index (χ1v) is 3.89. The molecule has 0 heterocycles. The summed E-state index contributed by atoms with van der Waals surface area (Å²) in [4.78, 5) is 0. The van der Waals surface area contributed by atoms with Crippen LogP contribution in [0.2, 0.25) is 0 Å². The Bertz CT molecular complexity index is 148. The zero-order valence-electron chi connectivity index (χ0n) is 6.90. The summed E-state index contributed by atoms with van der Waals surface area (Å²) in [6.45, 7) is 2.12. The quantitative estimate of drug-likeness (QED) is 0.213. The summed E-state index contributed by atoms with van der Waals surface area (Å²) < 4.78 is 0. The van der Waals surface area contributed by atoms with E-state index in [1.165, 1.54) is 6.21 Å². The van der Waals surface area contributed by atoms with Crippen molar-refractivity contribution in [3.63, 3.8) is 0 Å². The van der Waals surface area contributed by atoms with Crippen molar-refractivity contribution in [1.82, 2.24) is 0 Å². The lowest BCUT2D eigenvalue weighted by Crippen LogP contribution is -1.66. The minimum absolute atomic E-state index is 1.00. The molecule has 0 aromatic heterocycles. The maximum absolute atomic E-state index is 8.01. The molecule has 0 saturated heterocycles. The van der Waals surface area contributed by atoms with E-state index in [2.05, 4.69) is 24.2 Å². The van der Waals surface area contributed by atoms with E-state index < -0.39 is 0 Å². The van der Waals surface area contributed by atoms with Crippen LogP contribution in [0.15, 0.2) is 29.5 Å². The number of unbranched alkanes of at least 4 members (excludes halogenated alkanes) is 1. The van der Waals surface area contributed by atoms with E-state index in [1.807, 2.05) is 6.08 Å². The molecule has 0 aromatic rings. The fourth-order valence-electron chi connectivity index (χ4n) is 0.673. The van der Waals surface area contributed by atoms with Crippen LogP contribution in [-0.4, -0.2) is 11.4 Å². The molecule has 0 atom stereocenters. The SMILES string of the molecule is CC/C=C\CC/C=C\C=N\O. The van der Waals surface area contributed by atoms with Crippen LogP contribution in [0.25, 0.3) is 0 Å². The number of rotatable bonds is 5. The molecule has 0 rings (SSSR count). The van der Waals surface area contributed by atoms with Crippen LogP contribution in [0.5, 0.6) is 0 Å². The van der Waals surface area contributed by atoms with Gasteiger partial charge >= 0.3 is 0 Å². The molecule has 2 heteroatoms. The molecule has 0 aliphatic heterocycles. The number of nitrogens with zero attached hydrogens (tertiary/aromatic N) is 1. The zero-order chi connectivity index (χ0) is 8.36. The third kappa shape index (κ3) is 8.95. The first kappa shape index (κ1) is 9.95. The molecular weight excluding hydrogens is 138 g/mol. The van der Waals surface area contributed by atoms with Crippen LogP contribution in [0.3, 0.4) is 0 Å². The lowest BCUT2D eigenvalue weighted by atomic mass is 10.2. The Morgan fingerprint density at radius 1 is 1.18 bits per heavy atom. The molecule has 0 aromatic carbocycles. The van der Waals surface area contributed by atoms with Crippen LogP contribution >= 0.6 is 0 Å². The number of oxime groups is 1. The van der Waals surface area contributed by atoms with E-state index >= 15 is 0 Å². The predicted octanol–water partition coefficient (Wildman–Crippen LogP) is 2.75. The highest BCUT2D eigenvalue weighted by Crippen LogP contribution is 1.93. The highest BCUT2D eigenvalue weighted by Gasteiger charge is 1.74. The molecule has 2 nitrogen and oxygen atoms in total. The van der Waals surface area contributed by atoms with Gasteiger partial charge in [0.25, 0.3) is 0 Å². The van der Waals surface area contributed by atoms with Crippen molar-refractivity contribution in [1.29, 1.82) is 0 Å². The van der Waals surface area contributed by atoms with Gasteiger partial charge in [0.15, 0.2) is 0 Å². The maximum atomic E-state index is 8.01. The van der Waals surface area contributed by atoms with Gasteiger partial charge in [-0.25, -0.2) is 0 Å². The summed E-state index contributed by atoms with van der Waals surface area (Å²) >= 11 is 0. The van der Waals surface area contributed by atoms with E-state index in [1.54, 1.807) is 6.08 Å². The molecule has 1 N–H and O–H groups in total. The first-order valence-electron chi connectivity index (χ1n) is 3.89. The van der Waals surface area contributed by atoms with E-state index in [0.29, 0.717) is 0 Å². The van der Waals surface area contributed by atoms with E-state index in [4.69, 9.17) is 5.21 Å². The normalized spacial score (nSPS) is 12.5. The number of hydrogen-bond donors (Lipinski definition) is 1. The van der Waals surface area contributed by atoms with E-state index in [9.17, 15) is 0 Å². The Morgan fingerprint density at radius 2 is 1.91 bits per heavy atom. The van der Waals surface area contributed by atoms with E-state index in [0.717, 1.165) is 19.3 Å². The maximum Gasteiger partial charge on any atom is 0.0658 e. The summed E-state index contributed by atoms with van der Waals surface area (Å²) in [5, 5.41) is 10.9. The fourth-order valence-corrected chi connectivity index (χ4v) is 0.673. The summed E-state index contributed by atoms with van der Waals surface area (Å²) in [6.07, 6.45) is 12.5. The lowest BCUT2D eigenvalue weighted by molar-refractivity contribution is 0.322. The van der Waals surface area contributed by atoms with Gasteiger partial charge in [-0.2, -0.15) is 0 Å². The third-order valence-electron chi connectivity index (χ3n) is 1.19. The molecule has 11 heavy (non-hydrogen) atoms. The topological polar surface area (TPSA) is 32.6 Å².